The molecule has 44 valence electrons. The van der Waals surface area contributed by atoms with Crippen LogP contribution in [0, 0.1) is 0 Å². The van der Waals surface area contributed by atoms with Crippen molar-refractivity contribution >= 4 is 5.95 Å². The zero-order chi connectivity index (χ0) is 6.53. The van der Waals surface area contributed by atoms with E-state index in [0.29, 0.717) is 0 Å². The highest BCUT2D eigenvalue weighted by atomic mass is 15.2. The Balaban J connectivity index is 2.97. The number of azide groups is 1. The van der Waals surface area contributed by atoms with Gasteiger partial charge in [-0.2, -0.15) is 0 Å². The second-order valence-electron chi connectivity index (χ2n) is 1.13. The third kappa shape index (κ3) is 1.36. The zero-order valence-electron chi connectivity index (χ0n) is 4.34. The molecule has 6 heteroatoms. The largest absolute Gasteiger partial charge is 0.225 e. The summed E-state index contributed by atoms with van der Waals surface area (Å²) in [5, 5.41) is 3.12. The molecule has 0 aliphatic carbocycles. The fourth-order valence-corrected chi connectivity index (χ4v) is 0.325. The lowest BCUT2D eigenvalue weighted by Crippen LogP contribution is -1.78. The molecule has 1 rings (SSSR count). The van der Waals surface area contributed by atoms with Crippen molar-refractivity contribution in [2.75, 3.05) is 0 Å². The molecule has 0 spiro atoms. The molecule has 6 nitrogen and oxygen atoms in total. The molecule has 9 heavy (non-hydrogen) atoms. The smallest absolute Gasteiger partial charge is 0.219 e. The van der Waals surface area contributed by atoms with Crippen LogP contribution in [0.3, 0.4) is 0 Å². The van der Waals surface area contributed by atoms with E-state index in [-0.39, 0.29) is 5.95 Å². The third-order valence-corrected chi connectivity index (χ3v) is 0.614. The van der Waals surface area contributed by atoms with E-state index in [1.807, 2.05) is 0 Å². The second kappa shape index (κ2) is 2.58. The van der Waals surface area contributed by atoms with Gasteiger partial charge in [0, 0.05) is 4.91 Å². The maximum absolute atomic E-state index is 7.88. The number of hydrogen-bond donors (Lipinski definition) is 0. The van der Waals surface area contributed by atoms with Crippen molar-refractivity contribution in [1.29, 1.82) is 0 Å². The summed E-state index contributed by atoms with van der Waals surface area (Å²) >= 11 is 0. The molecule has 0 aliphatic heterocycles. The molecular formula is C3H2N6. The van der Waals surface area contributed by atoms with Gasteiger partial charge in [0.05, 0.1) is 0 Å². The van der Waals surface area contributed by atoms with Crippen molar-refractivity contribution in [2.45, 2.75) is 0 Å². The Hall–Kier alpha value is -1.68. The van der Waals surface area contributed by atoms with Crippen molar-refractivity contribution in [1.82, 2.24) is 15.0 Å². The lowest BCUT2D eigenvalue weighted by molar-refractivity contribution is 1.03. The van der Waals surface area contributed by atoms with Crippen molar-refractivity contribution in [2.24, 2.45) is 5.11 Å². The summed E-state index contributed by atoms with van der Waals surface area (Å²) in [6.07, 6.45) is 2.52. The summed E-state index contributed by atoms with van der Waals surface area (Å²) in [6.45, 7) is 0. The summed E-state index contributed by atoms with van der Waals surface area (Å²) < 4.78 is 0. The first kappa shape index (κ1) is 5.46. The highest BCUT2D eigenvalue weighted by Gasteiger charge is 1.83. The summed E-state index contributed by atoms with van der Waals surface area (Å²) in [5.74, 6) is 0.0903. The molecule has 1 aromatic heterocycles. The van der Waals surface area contributed by atoms with Gasteiger partial charge in [0.2, 0.25) is 5.95 Å². The van der Waals surface area contributed by atoms with Crippen LogP contribution in [0.2, 0.25) is 0 Å². The van der Waals surface area contributed by atoms with Crippen LogP contribution in [0.15, 0.2) is 17.8 Å². The van der Waals surface area contributed by atoms with E-state index in [4.69, 9.17) is 5.53 Å². The number of aromatic nitrogens is 3. The van der Waals surface area contributed by atoms with E-state index >= 15 is 0 Å². The van der Waals surface area contributed by atoms with E-state index in [0.717, 1.165) is 0 Å². The van der Waals surface area contributed by atoms with Gasteiger partial charge in [-0.25, -0.2) is 15.0 Å². The van der Waals surface area contributed by atoms with Crippen LogP contribution < -0.4 is 0 Å². The molecule has 0 aliphatic rings. The third-order valence-electron chi connectivity index (χ3n) is 0.614. The standard InChI is InChI=1S/C3H2N6/c4-9-8-3-6-1-5-2-7-3/h1-2H. The monoisotopic (exact) mass is 122 g/mol. The van der Waals surface area contributed by atoms with Crippen molar-refractivity contribution in [3.8, 4) is 0 Å². The van der Waals surface area contributed by atoms with Crippen LogP contribution in [0.25, 0.3) is 10.4 Å². The number of rotatable bonds is 1. The summed E-state index contributed by atoms with van der Waals surface area (Å²) in [7, 11) is 0. The lowest BCUT2D eigenvalue weighted by Gasteiger charge is -1.81. The Bertz CT molecular complexity index is 223. The lowest BCUT2D eigenvalue weighted by atomic mass is 11.0. The van der Waals surface area contributed by atoms with E-state index in [1.165, 1.54) is 12.7 Å². The van der Waals surface area contributed by atoms with Gasteiger partial charge >= 0.3 is 0 Å². The van der Waals surface area contributed by atoms with Crippen LogP contribution in [-0.2, 0) is 0 Å². The molecule has 0 amide bonds. The fraction of sp³-hybridized carbons (Fsp3) is 0. The Morgan fingerprint density at radius 3 is 2.67 bits per heavy atom. The quantitative estimate of drug-likeness (QED) is 0.313. The maximum atomic E-state index is 7.88. The maximum Gasteiger partial charge on any atom is 0.219 e. The highest BCUT2D eigenvalue weighted by molar-refractivity contribution is 5.08. The molecule has 0 atom stereocenters. The average molecular weight is 122 g/mol. The van der Waals surface area contributed by atoms with E-state index in [2.05, 4.69) is 25.0 Å². The van der Waals surface area contributed by atoms with Crippen LogP contribution in [0.1, 0.15) is 0 Å². The predicted octanol–water partition coefficient (Wildman–Crippen LogP) is 0.813. The van der Waals surface area contributed by atoms with E-state index in [9.17, 15) is 0 Å². The molecule has 0 aromatic carbocycles. The first-order chi connectivity index (χ1) is 4.43. The number of nitrogens with zero attached hydrogens (tertiary/aromatic N) is 6. The first-order valence-corrected chi connectivity index (χ1v) is 2.10. The van der Waals surface area contributed by atoms with Gasteiger partial charge in [0.25, 0.3) is 0 Å². The molecule has 1 heterocycles. The summed E-state index contributed by atoms with van der Waals surface area (Å²) in [5.41, 5.74) is 7.88. The van der Waals surface area contributed by atoms with Gasteiger partial charge in [-0.15, -0.1) is 0 Å². The van der Waals surface area contributed by atoms with Gasteiger partial charge in [-0.05, 0) is 10.6 Å². The zero-order valence-corrected chi connectivity index (χ0v) is 4.34. The molecule has 0 N–H and O–H groups in total. The minimum Gasteiger partial charge on any atom is -0.225 e. The van der Waals surface area contributed by atoms with E-state index < -0.39 is 0 Å². The SMILES string of the molecule is [N-]=[N+]=Nc1ncncn1. The Morgan fingerprint density at radius 2 is 2.11 bits per heavy atom. The topological polar surface area (TPSA) is 87.4 Å². The summed E-state index contributed by atoms with van der Waals surface area (Å²) in [4.78, 5) is 13.1. The number of hydrogen-bond acceptors (Lipinski definition) is 4. The van der Waals surface area contributed by atoms with Gasteiger partial charge in [0.1, 0.15) is 12.7 Å². The van der Waals surface area contributed by atoms with Crippen LogP contribution in [0.4, 0.5) is 5.95 Å². The molecule has 0 unspecified atom stereocenters. The molecule has 0 bridgehead atoms. The fourth-order valence-electron chi connectivity index (χ4n) is 0.325. The van der Waals surface area contributed by atoms with Crippen LogP contribution >= 0.6 is 0 Å². The molecule has 1 aromatic rings. The molecule has 0 saturated carbocycles. The van der Waals surface area contributed by atoms with Crippen LogP contribution in [0.5, 0.6) is 0 Å². The Morgan fingerprint density at radius 1 is 1.44 bits per heavy atom. The minimum atomic E-state index is 0.0903. The molecule has 0 fully saturated rings. The van der Waals surface area contributed by atoms with Gasteiger partial charge < -0.3 is 0 Å². The van der Waals surface area contributed by atoms with Gasteiger partial charge in [-0.1, -0.05) is 0 Å². The Labute approximate surface area is 50.2 Å². The molecular weight excluding hydrogens is 120 g/mol. The minimum absolute atomic E-state index is 0.0903. The van der Waals surface area contributed by atoms with Crippen molar-refractivity contribution in [3.63, 3.8) is 0 Å². The van der Waals surface area contributed by atoms with E-state index in [1.54, 1.807) is 0 Å². The van der Waals surface area contributed by atoms with Gasteiger partial charge in [-0.3, -0.25) is 0 Å². The summed E-state index contributed by atoms with van der Waals surface area (Å²) in [6, 6.07) is 0. The molecule has 0 saturated heterocycles. The normalized spacial score (nSPS) is 8.00. The second-order valence-corrected chi connectivity index (χ2v) is 1.13. The Kier molecular flexibility index (Phi) is 1.57. The predicted molar refractivity (Wildman–Crippen MR) is 28.6 cm³/mol. The van der Waals surface area contributed by atoms with Crippen molar-refractivity contribution in [3.05, 3.63) is 23.1 Å². The first-order valence-electron chi connectivity index (χ1n) is 2.10. The molecule has 0 radical (unpaired) electrons. The average Bonchev–Trinajstić information content (AvgIpc) is 1.91. The van der Waals surface area contributed by atoms with Gasteiger partial charge in [0.15, 0.2) is 0 Å². The highest BCUT2D eigenvalue weighted by Crippen LogP contribution is 1.95. The van der Waals surface area contributed by atoms with Crippen LogP contribution in [-0.4, -0.2) is 15.0 Å². The van der Waals surface area contributed by atoms with Crippen molar-refractivity contribution < 1.29 is 0 Å².